The van der Waals surface area contributed by atoms with Crippen LogP contribution in [0.1, 0.15) is 51.4 Å². The van der Waals surface area contributed by atoms with Crippen molar-refractivity contribution in [3.63, 3.8) is 0 Å². The molecule has 1 aromatic rings. The van der Waals surface area contributed by atoms with E-state index < -0.39 is 0 Å². The maximum absolute atomic E-state index is 5.65. The molecule has 0 atom stereocenters. The third-order valence-electron chi connectivity index (χ3n) is 3.37. The molecule has 1 aliphatic rings. The lowest BCUT2D eigenvalue weighted by atomic mass is 10.0. The Morgan fingerprint density at radius 2 is 1.71 bits per heavy atom. The highest BCUT2D eigenvalue weighted by molar-refractivity contribution is 6.30. The summed E-state index contributed by atoms with van der Waals surface area (Å²) in [4.78, 5) is 8.41. The van der Waals surface area contributed by atoms with Gasteiger partial charge in [0.1, 0.15) is 7.85 Å². The normalized spacial score (nSPS) is 19.1. The van der Waals surface area contributed by atoms with Crippen molar-refractivity contribution in [3.05, 3.63) is 12.3 Å². The van der Waals surface area contributed by atoms with Gasteiger partial charge in [0.25, 0.3) is 0 Å². The van der Waals surface area contributed by atoms with Gasteiger partial charge in [0.05, 0.1) is 0 Å². The Hall–Kier alpha value is -1.06. The van der Waals surface area contributed by atoms with E-state index in [0.717, 1.165) is 0 Å². The van der Waals surface area contributed by atoms with Gasteiger partial charge in [0.2, 0.25) is 5.95 Å². The Morgan fingerprint density at radius 1 is 1.06 bits per heavy atom. The highest BCUT2D eigenvalue weighted by atomic mass is 15.1. The maximum atomic E-state index is 5.65. The average molecular weight is 229 g/mol. The molecule has 1 aromatic heterocycles. The minimum absolute atomic E-state index is 0.509. The van der Waals surface area contributed by atoms with Crippen LogP contribution in [-0.4, -0.2) is 23.9 Å². The second-order valence-corrected chi connectivity index (χ2v) is 4.85. The van der Waals surface area contributed by atoms with Gasteiger partial charge in [-0.2, -0.15) is 0 Å². The molecule has 2 rings (SSSR count). The molecule has 0 bridgehead atoms. The first kappa shape index (κ1) is 12.4. The fourth-order valence-electron chi connectivity index (χ4n) is 2.40. The molecule has 90 valence electrons. The molecule has 3 nitrogen and oxygen atoms in total. The van der Waals surface area contributed by atoms with Gasteiger partial charge in [-0.15, -0.1) is 0 Å². The van der Waals surface area contributed by atoms with Gasteiger partial charge in [0.15, 0.2) is 0 Å². The summed E-state index contributed by atoms with van der Waals surface area (Å²) in [6, 6.07) is 2.23. The van der Waals surface area contributed by atoms with Crippen molar-refractivity contribution in [3.8, 4) is 0 Å². The third-order valence-corrected chi connectivity index (χ3v) is 3.37. The number of nitrogens with one attached hydrogen (secondary N) is 1. The zero-order valence-electron chi connectivity index (χ0n) is 10.4. The van der Waals surface area contributed by atoms with Gasteiger partial charge in [-0.25, -0.2) is 9.97 Å². The van der Waals surface area contributed by atoms with Crippen LogP contribution in [0.2, 0.25) is 0 Å². The van der Waals surface area contributed by atoms with Crippen LogP contribution < -0.4 is 10.9 Å². The molecular formula is C13H20BN3. The average Bonchev–Trinajstić information content (AvgIpc) is 2.43. The van der Waals surface area contributed by atoms with Crippen LogP contribution in [0.25, 0.3) is 0 Å². The lowest BCUT2D eigenvalue weighted by Gasteiger charge is -2.17. The van der Waals surface area contributed by atoms with E-state index >= 15 is 0 Å². The van der Waals surface area contributed by atoms with Gasteiger partial charge in [-0.1, -0.05) is 38.5 Å². The smallest absolute Gasteiger partial charge is 0.222 e. The summed E-state index contributed by atoms with van der Waals surface area (Å²) < 4.78 is 0. The predicted molar refractivity (Wildman–Crippen MR) is 71.8 cm³/mol. The van der Waals surface area contributed by atoms with Gasteiger partial charge < -0.3 is 5.32 Å². The van der Waals surface area contributed by atoms with Crippen molar-refractivity contribution >= 4 is 19.4 Å². The molecule has 2 radical (unpaired) electrons. The molecule has 0 saturated heterocycles. The largest absolute Gasteiger partial charge is 0.352 e. The molecule has 0 amide bonds. The molecule has 0 unspecified atom stereocenters. The first-order chi connectivity index (χ1) is 8.34. The third kappa shape index (κ3) is 4.37. The zero-order chi connectivity index (χ0) is 11.9. The first-order valence-corrected chi connectivity index (χ1v) is 6.69. The van der Waals surface area contributed by atoms with Gasteiger partial charge in [0, 0.05) is 12.2 Å². The number of hydrogen-bond donors (Lipinski definition) is 1. The SMILES string of the molecule is [B]c1ccnc(NC2CCCCCCCC2)n1. The summed E-state index contributed by atoms with van der Waals surface area (Å²) in [5.74, 6) is 0.675. The Labute approximate surface area is 105 Å². The molecule has 0 aliphatic heterocycles. The van der Waals surface area contributed by atoms with Crippen molar-refractivity contribution in [1.82, 2.24) is 9.97 Å². The standard InChI is InChI=1S/C13H20BN3/c14-12-9-10-15-13(17-12)16-11-7-5-3-1-2-4-6-8-11/h9-11H,1-8H2,(H,15,16,17). The van der Waals surface area contributed by atoms with Crippen molar-refractivity contribution in [2.45, 2.75) is 57.4 Å². The fraction of sp³-hybridized carbons (Fsp3) is 0.692. The summed E-state index contributed by atoms with van der Waals surface area (Å²) in [7, 11) is 5.65. The molecule has 0 spiro atoms. The van der Waals surface area contributed by atoms with Crippen LogP contribution >= 0.6 is 0 Å². The van der Waals surface area contributed by atoms with Gasteiger partial charge in [-0.3, -0.25) is 0 Å². The van der Waals surface area contributed by atoms with Crippen LogP contribution in [0.4, 0.5) is 5.95 Å². The molecule has 4 heteroatoms. The highest BCUT2D eigenvalue weighted by Crippen LogP contribution is 2.18. The van der Waals surface area contributed by atoms with Crippen molar-refractivity contribution in [1.29, 1.82) is 0 Å². The fourth-order valence-corrected chi connectivity index (χ4v) is 2.40. The van der Waals surface area contributed by atoms with E-state index in [4.69, 9.17) is 7.85 Å². The number of hydrogen-bond acceptors (Lipinski definition) is 3. The van der Waals surface area contributed by atoms with Crippen LogP contribution in [0, 0.1) is 0 Å². The van der Waals surface area contributed by atoms with E-state index in [1.807, 2.05) is 0 Å². The Balaban J connectivity index is 1.91. The summed E-state index contributed by atoms with van der Waals surface area (Å²) in [5.41, 5.74) is 0.533. The van der Waals surface area contributed by atoms with E-state index in [9.17, 15) is 0 Å². The lowest BCUT2D eigenvalue weighted by Crippen LogP contribution is -2.23. The molecular weight excluding hydrogens is 209 g/mol. The van der Waals surface area contributed by atoms with Crippen molar-refractivity contribution < 1.29 is 0 Å². The molecule has 1 aliphatic carbocycles. The van der Waals surface area contributed by atoms with Crippen LogP contribution in [0.15, 0.2) is 12.3 Å². The molecule has 0 aromatic carbocycles. The Kier molecular flexibility index (Phi) is 4.83. The molecule has 1 N–H and O–H groups in total. The first-order valence-electron chi connectivity index (χ1n) is 6.69. The second-order valence-electron chi connectivity index (χ2n) is 4.85. The lowest BCUT2D eigenvalue weighted by molar-refractivity contribution is 0.560. The second kappa shape index (κ2) is 6.62. The van der Waals surface area contributed by atoms with Crippen LogP contribution in [0.5, 0.6) is 0 Å². The summed E-state index contributed by atoms with van der Waals surface area (Å²) >= 11 is 0. The Morgan fingerprint density at radius 3 is 2.35 bits per heavy atom. The minimum Gasteiger partial charge on any atom is -0.352 e. The summed E-state index contributed by atoms with van der Waals surface area (Å²) in [6.07, 6.45) is 12.3. The van der Waals surface area contributed by atoms with Gasteiger partial charge in [-0.05, 0) is 24.5 Å². The van der Waals surface area contributed by atoms with E-state index in [-0.39, 0.29) is 0 Å². The molecule has 1 fully saturated rings. The predicted octanol–water partition coefficient (Wildman–Crippen LogP) is 2.19. The van der Waals surface area contributed by atoms with Crippen LogP contribution in [0.3, 0.4) is 0 Å². The number of aromatic nitrogens is 2. The van der Waals surface area contributed by atoms with Crippen LogP contribution in [-0.2, 0) is 0 Å². The maximum Gasteiger partial charge on any atom is 0.222 e. The summed E-state index contributed by atoms with van der Waals surface area (Å²) in [6.45, 7) is 0. The molecule has 1 heterocycles. The Bertz CT molecular complexity index is 333. The monoisotopic (exact) mass is 229 g/mol. The summed E-state index contributed by atoms with van der Waals surface area (Å²) in [5, 5.41) is 3.42. The topological polar surface area (TPSA) is 37.8 Å². The van der Waals surface area contributed by atoms with Gasteiger partial charge >= 0.3 is 0 Å². The number of nitrogens with zero attached hydrogens (tertiary/aromatic N) is 2. The van der Waals surface area contributed by atoms with Crippen molar-refractivity contribution in [2.24, 2.45) is 0 Å². The van der Waals surface area contributed by atoms with E-state index in [2.05, 4.69) is 15.3 Å². The molecule has 1 saturated carbocycles. The molecule has 17 heavy (non-hydrogen) atoms. The van der Waals surface area contributed by atoms with E-state index in [1.165, 1.54) is 51.4 Å². The van der Waals surface area contributed by atoms with Crippen molar-refractivity contribution in [2.75, 3.05) is 5.32 Å². The quantitative estimate of drug-likeness (QED) is 0.790. The number of rotatable bonds is 2. The zero-order valence-corrected chi connectivity index (χ0v) is 10.4. The highest BCUT2D eigenvalue weighted by Gasteiger charge is 2.11. The van der Waals surface area contributed by atoms with E-state index in [0.29, 0.717) is 17.6 Å². The minimum atomic E-state index is 0.509. The number of anilines is 1. The van der Waals surface area contributed by atoms with E-state index in [1.54, 1.807) is 12.3 Å².